The van der Waals surface area contributed by atoms with Crippen LogP contribution in [0.1, 0.15) is 11.1 Å². The molecule has 0 aliphatic rings. The molecule has 0 saturated heterocycles. The predicted octanol–water partition coefficient (Wildman–Crippen LogP) is 2.39. The summed E-state index contributed by atoms with van der Waals surface area (Å²) >= 11 is 0. The quantitative estimate of drug-likeness (QED) is 0.756. The monoisotopic (exact) mass is 191 g/mol. The molecule has 0 aliphatic carbocycles. The molecule has 0 amide bonds. The Kier molecular flexibility index (Phi) is 2.52. The van der Waals surface area contributed by atoms with Crippen molar-refractivity contribution in [3.8, 4) is 0 Å². The van der Waals surface area contributed by atoms with Crippen LogP contribution in [0.5, 0.6) is 0 Å². The van der Waals surface area contributed by atoms with Gasteiger partial charge in [-0.1, -0.05) is 6.07 Å². The van der Waals surface area contributed by atoms with Crippen molar-refractivity contribution in [1.82, 2.24) is 5.48 Å². The molecular formula is C11H13NO2. The van der Waals surface area contributed by atoms with E-state index in [1.54, 1.807) is 13.4 Å². The lowest BCUT2D eigenvalue weighted by atomic mass is 10.1. The standard InChI is InChI=1S/C11H13NO2/c1-8-7-14-11-4-3-9(5-10(8)11)6-12-13-2/h3-5,7,12H,6H2,1-2H3. The zero-order valence-electron chi connectivity index (χ0n) is 8.33. The van der Waals surface area contributed by atoms with Crippen molar-refractivity contribution in [3.05, 3.63) is 35.6 Å². The Morgan fingerprint density at radius 2 is 2.29 bits per heavy atom. The summed E-state index contributed by atoms with van der Waals surface area (Å²) in [6, 6.07) is 6.12. The second kappa shape index (κ2) is 3.82. The van der Waals surface area contributed by atoms with Crippen LogP contribution < -0.4 is 5.48 Å². The molecule has 0 spiro atoms. The highest BCUT2D eigenvalue weighted by Gasteiger charge is 2.02. The van der Waals surface area contributed by atoms with Crippen molar-refractivity contribution >= 4 is 11.0 Å². The summed E-state index contributed by atoms with van der Waals surface area (Å²) in [6.45, 7) is 2.75. The minimum absolute atomic E-state index is 0.705. The number of nitrogens with one attached hydrogen (secondary N) is 1. The number of benzene rings is 1. The number of fused-ring (bicyclic) bond motifs is 1. The van der Waals surface area contributed by atoms with Gasteiger partial charge in [0.25, 0.3) is 0 Å². The van der Waals surface area contributed by atoms with E-state index in [4.69, 9.17) is 9.25 Å². The molecule has 2 aromatic rings. The Morgan fingerprint density at radius 3 is 3.07 bits per heavy atom. The maximum atomic E-state index is 5.36. The van der Waals surface area contributed by atoms with Gasteiger partial charge in [0.1, 0.15) is 5.58 Å². The topological polar surface area (TPSA) is 34.4 Å². The van der Waals surface area contributed by atoms with Gasteiger partial charge in [-0.05, 0) is 30.2 Å². The van der Waals surface area contributed by atoms with E-state index in [1.165, 1.54) is 16.5 Å². The number of hydrogen-bond acceptors (Lipinski definition) is 3. The van der Waals surface area contributed by atoms with Gasteiger partial charge in [-0.25, -0.2) is 0 Å². The van der Waals surface area contributed by atoms with Crippen molar-refractivity contribution in [2.24, 2.45) is 0 Å². The average Bonchev–Trinajstić information content (AvgIpc) is 2.57. The summed E-state index contributed by atoms with van der Waals surface area (Å²) in [5.41, 5.74) is 6.09. The summed E-state index contributed by atoms with van der Waals surface area (Å²) < 4.78 is 5.36. The fraction of sp³-hybridized carbons (Fsp3) is 0.273. The zero-order valence-corrected chi connectivity index (χ0v) is 8.33. The van der Waals surface area contributed by atoms with E-state index < -0.39 is 0 Å². The molecular weight excluding hydrogens is 178 g/mol. The van der Waals surface area contributed by atoms with Crippen LogP contribution in [0.4, 0.5) is 0 Å². The molecule has 0 atom stereocenters. The van der Waals surface area contributed by atoms with Gasteiger partial charge in [0.05, 0.1) is 13.4 Å². The van der Waals surface area contributed by atoms with Crippen molar-refractivity contribution < 1.29 is 9.25 Å². The highest BCUT2D eigenvalue weighted by atomic mass is 16.6. The summed E-state index contributed by atoms with van der Waals surface area (Å²) in [6.07, 6.45) is 1.78. The fourth-order valence-corrected chi connectivity index (χ4v) is 1.47. The van der Waals surface area contributed by atoms with Crippen molar-refractivity contribution in [2.45, 2.75) is 13.5 Å². The molecule has 2 rings (SSSR count). The van der Waals surface area contributed by atoms with Gasteiger partial charge >= 0.3 is 0 Å². The highest BCUT2D eigenvalue weighted by Crippen LogP contribution is 2.21. The first-order chi connectivity index (χ1) is 6.81. The average molecular weight is 191 g/mol. The summed E-state index contributed by atoms with van der Waals surface area (Å²) in [4.78, 5) is 4.80. The molecule has 74 valence electrons. The van der Waals surface area contributed by atoms with Crippen molar-refractivity contribution in [2.75, 3.05) is 7.11 Å². The maximum Gasteiger partial charge on any atom is 0.134 e. The molecule has 0 saturated carbocycles. The van der Waals surface area contributed by atoms with Crippen molar-refractivity contribution in [1.29, 1.82) is 0 Å². The van der Waals surface area contributed by atoms with E-state index in [9.17, 15) is 0 Å². The third-order valence-corrected chi connectivity index (χ3v) is 2.25. The first-order valence-electron chi connectivity index (χ1n) is 4.54. The first-order valence-corrected chi connectivity index (χ1v) is 4.54. The summed E-state index contributed by atoms with van der Waals surface area (Å²) in [5.74, 6) is 0. The van der Waals surface area contributed by atoms with E-state index in [0.717, 1.165) is 5.58 Å². The Morgan fingerprint density at radius 1 is 1.43 bits per heavy atom. The van der Waals surface area contributed by atoms with Gasteiger partial charge in [-0.2, -0.15) is 5.48 Å². The Bertz CT molecular complexity index is 434. The van der Waals surface area contributed by atoms with Gasteiger partial charge < -0.3 is 9.25 Å². The molecule has 1 aromatic heterocycles. The number of aryl methyl sites for hydroxylation is 1. The fourth-order valence-electron chi connectivity index (χ4n) is 1.47. The lowest BCUT2D eigenvalue weighted by Crippen LogP contribution is -2.10. The van der Waals surface area contributed by atoms with Crippen molar-refractivity contribution in [3.63, 3.8) is 0 Å². The Balaban J connectivity index is 2.34. The van der Waals surface area contributed by atoms with E-state index >= 15 is 0 Å². The smallest absolute Gasteiger partial charge is 0.134 e. The molecule has 1 aromatic carbocycles. The minimum atomic E-state index is 0.705. The molecule has 0 fully saturated rings. The van der Waals surface area contributed by atoms with E-state index in [-0.39, 0.29) is 0 Å². The Labute approximate surface area is 82.6 Å². The van der Waals surface area contributed by atoms with Crippen LogP contribution in [0.3, 0.4) is 0 Å². The van der Waals surface area contributed by atoms with Gasteiger partial charge in [0, 0.05) is 11.9 Å². The number of hydroxylamine groups is 1. The van der Waals surface area contributed by atoms with Crippen LogP contribution in [0.25, 0.3) is 11.0 Å². The predicted molar refractivity (Wildman–Crippen MR) is 54.8 cm³/mol. The van der Waals surface area contributed by atoms with Gasteiger partial charge in [-0.3, -0.25) is 0 Å². The normalized spacial score (nSPS) is 11.0. The van der Waals surface area contributed by atoms with Gasteiger partial charge in [-0.15, -0.1) is 0 Å². The molecule has 3 heteroatoms. The number of hydrogen-bond donors (Lipinski definition) is 1. The summed E-state index contributed by atoms with van der Waals surface area (Å²) in [5, 5.41) is 1.17. The molecule has 1 N–H and O–H groups in total. The van der Waals surface area contributed by atoms with Gasteiger partial charge in [0.2, 0.25) is 0 Å². The SMILES string of the molecule is CONCc1ccc2occ(C)c2c1. The molecule has 0 bridgehead atoms. The molecule has 0 aliphatic heterocycles. The Hall–Kier alpha value is -1.32. The third-order valence-electron chi connectivity index (χ3n) is 2.25. The second-order valence-corrected chi connectivity index (χ2v) is 3.27. The minimum Gasteiger partial charge on any atom is -0.464 e. The molecule has 1 heterocycles. The van der Waals surface area contributed by atoms with Crippen LogP contribution in [-0.2, 0) is 11.4 Å². The maximum absolute atomic E-state index is 5.36. The third kappa shape index (κ3) is 1.64. The van der Waals surface area contributed by atoms with Crippen LogP contribution in [0, 0.1) is 6.92 Å². The molecule has 14 heavy (non-hydrogen) atoms. The van der Waals surface area contributed by atoms with Crippen LogP contribution in [0.2, 0.25) is 0 Å². The zero-order chi connectivity index (χ0) is 9.97. The first kappa shape index (κ1) is 9.24. The van der Waals surface area contributed by atoms with Crippen LogP contribution >= 0.6 is 0 Å². The van der Waals surface area contributed by atoms with E-state index in [2.05, 4.69) is 11.5 Å². The molecule has 3 nitrogen and oxygen atoms in total. The van der Waals surface area contributed by atoms with Crippen LogP contribution in [0.15, 0.2) is 28.9 Å². The molecule has 0 radical (unpaired) electrons. The number of rotatable bonds is 3. The largest absolute Gasteiger partial charge is 0.464 e. The van der Waals surface area contributed by atoms with Gasteiger partial charge in [0.15, 0.2) is 0 Å². The summed E-state index contributed by atoms with van der Waals surface area (Å²) in [7, 11) is 1.61. The van der Waals surface area contributed by atoms with Crippen LogP contribution in [-0.4, -0.2) is 7.11 Å². The second-order valence-electron chi connectivity index (χ2n) is 3.27. The lowest BCUT2D eigenvalue weighted by molar-refractivity contribution is 0.0867. The number of furan rings is 1. The molecule has 0 unspecified atom stereocenters. The van der Waals surface area contributed by atoms with E-state index in [1.807, 2.05) is 19.1 Å². The lowest BCUT2D eigenvalue weighted by Gasteiger charge is -2.01. The van der Waals surface area contributed by atoms with E-state index in [0.29, 0.717) is 6.54 Å². The highest BCUT2D eigenvalue weighted by molar-refractivity contribution is 5.81.